The largest absolute Gasteiger partial charge is 0.460 e. The Bertz CT molecular complexity index is 1330. The number of carbonyl (C=O) groups is 3. The van der Waals surface area contributed by atoms with Crippen LogP contribution >= 0.6 is 0 Å². The van der Waals surface area contributed by atoms with Crippen LogP contribution in [0.2, 0.25) is 0 Å². The van der Waals surface area contributed by atoms with E-state index in [1.54, 1.807) is 0 Å². The summed E-state index contributed by atoms with van der Waals surface area (Å²) < 4.78 is 45.0. The van der Waals surface area contributed by atoms with Crippen LogP contribution in [0.25, 0.3) is 0 Å². The van der Waals surface area contributed by atoms with E-state index in [1.165, 1.54) is 0 Å². The molecule has 4 saturated heterocycles. The first-order valence-corrected chi connectivity index (χ1v) is 18.1. The maximum absolute atomic E-state index is 11.2. The second kappa shape index (κ2) is 25.6. The number of ether oxygens (including phenoxy) is 9. The zero-order valence-electron chi connectivity index (χ0n) is 32.2. The third kappa shape index (κ3) is 14.6. The van der Waals surface area contributed by atoms with Gasteiger partial charge in [-0.25, -0.2) is 14.4 Å². The molecule has 350 valence electrons. The van der Waals surface area contributed by atoms with Crippen molar-refractivity contribution in [3.63, 3.8) is 0 Å². The quantitative estimate of drug-likeness (QED) is 0.0333. The van der Waals surface area contributed by atoms with Crippen LogP contribution in [0.4, 0.5) is 0 Å². The van der Waals surface area contributed by atoms with E-state index in [4.69, 9.17) is 48.1 Å². The Labute approximate surface area is 346 Å². The minimum atomic E-state index is -1.82. The second-order valence-corrected chi connectivity index (χ2v) is 13.2. The van der Waals surface area contributed by atoms with Crippen molar-refractivity contribution in [2.24, 2.45) is 0 Å². The highest BCUT2D eigenvalue weighted by atomic mass is 16.8. The van der Waals surface area contributed by atoms with Gasteiger partial charge in [-0.1, -0.05) is 26.3 Å². The summed E-state index contributed by atoms with van der Waals surface area (Å²) in [6.45, 7) is 10.3. The lowest BCUT2D eigenvalue weighted by Crippen LogP contribution is -2.64. The van der Waals surface area contributed by atoms with Crippen LogP contribution in [0.1, 0.15) is 0 Å². The predicted octanol–water partition coefficient (Wildman–Crippen LogP) is -8.46. The van der Waals surface area contributed by atoms with Crippen molar-refractivity contribution in [2.45, 2.75) is 123 Å². The van der Waals surface area contributed by atoms with Gasteiger partial charge < -0.3 is 114 Å². The summed E-state index contributed by atoms with van der Waals surface area (Å²) in [5.41, 5.74) is 0. The van der Waals surface area contributed by atoms with Crippen molar-refractivity contribution < 1.29 is 129 Å². The van der Waals surface area contributed by atoms with Gasteiger partial charge in [0.1, 0.15) is 111 Å². The molecule has 0 unspecified atom stereocenters. The van der Waals surface area contributed by atoms with Crippen molar-refractivity contribution in [3.05, 3.63) is 50.8 Å². The Morgan fingerprint density at radius 2 is 0.672 bits per heavy atom. The molecule has 0 aromatic carbocycles. The van der Waals surface area contributed by atoms with Crippen molar-refractivity contribution in [1.82, 2.24) is 0 Å². The van der Waals surface area contributed by atoms with E-state index in [1.807, 2.05) is 0 Å². The highest BCUT2D eigenvalue weighted by molar-refractivity contribution is 5.82. The predicted molar refractivity (Wildman–Crippen MR) is 192 cm³/mol. The molecular weight excluding hydrogens is 836 g/mol. The molecule has 4 fully saturated rings. The van der Waals surface area contributed by atoms with E-state index in [2.05, 4.69) is 31.1 Å². The highest BCUT2D eigenvalue weighted by Crippen LogP contribution is 2.30. The molecule has 26 nitrogen and oxygen atoms in total. The van der Waals surface area contributed by atoms with E-state index in [9.17, 15) is 75.7 Å². The third-order valence-corrected chi connectivity index (χ3v) is 9.05. The molecule has 4 rings (SSSR count). The normalized spacial score (nSPS) is 40.9. The van der Waals surface area contributed by atoms with E-state index in [0.29, 0.717) is 0 Å². The highest BCUT2D eigenvalue weighted by Gasteiger charge is 2.51. The number of aliphatic hydroxyl groups excluding tert-OH is 14. The molecule has 4 aliphatic rings. The van der Waals surface area contributed by atoms with Gasteiger partial charge in [0.25, 0.3) is 0 Å². The Morgan fingerprint density at radius 3 is 0.902 bits per heavy atom. The molecule has 0 bridgehead atoms. The Balaban J connectivity index is 0.000000374. The summed E-state index contributed by atoms with van der Waals surface area (Å²) in [5.74, 6) is -2.13. The number of hydrogen-bond donors (Lipinski definition) is 14. The average molecular weight is 891 g/mol. The van der Waals surface area contributed by atoms with E-state index < -0.39 is 167 Å². The second-order valence-electron chi connectivity index (χ2n) is 13.2. The van der Waals surface area contributed by atoms with Crippen molar-refractivity contribution >= 4 is 17.9 Å². The topological polar surface area (TPSA) is 418 Å². The maximum Gasteiger partial charge on any atom is 0.334 e. The molecule has 0 radical (unpaired) electrons. The first-order valence-electron chi connectivity index (χ1n) is 18.1. The lowest BCUT2D eigenvalue weighted by Gasteiger charge is -2.44. The Kier molecular flexibility index (Phi) is 22.6. The average Bonchev–Trinajstić information content (AvgIpc) is 3.26. The molecule has 4 aliphatic heterocycles. The molecule has 4 heterocycles. The number of esters is 3. The van der Waals surface area contributed by atoms with E-state index in [0.717, 1.165) is 24.5 Å². The SMILES string of the molecule is C=CC(=O)OC[C@H]1O[C@H](O[C@H]2O[C@H](COC(=O)C=C)[C@@H](O)[C@H](O)[C@H]2O)[C@H](O)[C@@H](O)[C@@H]1O.C=COC(=O)C=C.OC[C@H]1O[C@H](O[C@H]2O[C@H](CO)[C@@H](O)[C@H](O)[C@H]2O)[C@H](O)[C@@H](O)[C@@H]1O. The molecule has 20 atom stereocenters. The molecule has 0 spiro atoms. The van der Waals surface area contributed by atoms with Crippen LogP contribution < -0.4 is 0 Å². The first kappa shape index (κ1) is 53.7. The Morgan fingerprint density at radius 1 is 0.410 bits per heavy atom. The van der Waals surface area contributed by atoms with Crippen LogP contribution in [-0.2, 0) is 57.0 Å². The van der Waals surface area contributed by atoms with Gasteiger partial charge in [-0.05, 0) is 0 Å². The van der Waals surface area contributed by atoms with Gasteiger partial charge in [0.05, 0.1) is 19.5 Å². The summed E-state index contributed by atoms with van der Waals surface area (Å²) in [4.78, 5) is 32.4. The molecule has 0 saturated carbocycles. The molecule has 0 aliphatic carbocycles. The minimum Gasteiger partial charge on any atom is -0.460 e. The monoisotopic (exact) mass is 890 g/mol. The molecule has 0 amide bonds. The summed E-state index contributed by atoms with van der Waals surface area (Å²) in [6, 6.07) is 0. The summed E-state index contributed by atoms with van der Waals surface area (Å²) in [6.07, 6.45) is -28.3. The molecule has 0 aromatic rings. The van der Waals surface area contributed by atoms with E-state index >= 15 is 0 Å². The van der Waals surface area contributed by atoms with E-state index in [-0.39, 0.29) is 0 Å². The first-order chi connectivity index (χ1) is 28.7. The fourth-order valence-electron chi connectivity index (χ4n) is 5.53. The minimum absolute atomic E-state index is 0.477. The number of carbonyl (C=O) groups excluding carboxylic acids is 3. The maximum atomic E-state index is 11.2. The number of rotatable bonds is 14. The summed E-state index contributed by atoms with van der Waals surface area (Å²) in [5, 5.41) is 137. The Hall–Kier alpha value is -3.43. The zero-order valence-corrected chi connectivity index (χ0v) is 32.2. The smallest absolute Gasteiger partial charge is 0.334 e. The van der Waals surface area contributed by atoms with Crippen LogP contribution in [-0.4, -0.2) is 239 Å². The van der Waals surface area contributed by atoms with Gasteiger partial charge in [-0.2, -0.15) is 0 Å². The molecular formula is C35H54O26. The van der Waals surface area contributed by atoms with Crippen LogP contribution in [0, 0.1) is 0 Å². The molecule has 61 heavy (non-hydrogen) atoms. The van der Waals surface area contributed by atoms with Crippen molar-refractivity contribution in [2.75, 3.05) is 26.4 Å². The van der Waals surface area contributed by atoms with Gasteiger partial charge in [0, 0.05) is 18.2 Å². The molecule has 0 aromatic heterocycles. The van der Waals surface area contributed by atoms with Crippen LogP contribution in [0.3, 0.4) is 0 Å². The fraction of sp³-hybridized carbons (Fsp3) is 0.686. The van der Waals surface area contributed by atoms with Crippen molar-refractivity contribution in [3.8, 4) is 0 Å². The zero-order chi connectivity index (χ0) is 46.3. The standard InChI is InChI=1S/C18H26O13.C12H22O11.C5H6O2/c1-3-9(19)27-5-7-11(21)13(23)15(25)17(29-7)31-18-16(26)14(24)12(22)8(30-18)6-28-10(20)4-2;13-1-3-5(15)7(17)9(19)11(21-3)23-12-10(20)8(18)6(16)4(2-14)22-12;1-3-5(6)7-4-2/h3-4,7-8,11-18,21-26H,1-2,5-6H2;3-20H,1-2H2;3-4H,1-2H2/t7-,8-,11-,12-,13+,14+,15-,16-,17-,18-;3-,4-,5-,6-,7+,8+,9-,10-,11-,12-;/m11./s1. The van der Waals surface area contributed by atoms with Gasteiger partial charge in [0.2, 0.25) is 0 Å². The lowest BCUT2D eigenvalue weighted by molar-refractivity contribution is -0.376. The van der Waals surface area contributed by atoms with Crippen molar-refractivity contribution in [1.29, 1.82) is 0 Å². The van der Waals surface area contributed by atoms with Crippen LogP contribution in [0.15, 0.2) is 50.8 Å². The summed E-state index contributed by atoms with van der Waals surface area (Å²) >= 11 is 0. The lowest BCUT2D eigenvalue weighted by atomic mass is 9.98. The van der Waals surface area contributed by atoms with Gasteiger partial charge in [-0.15, -0.1) is 0 Å². The third-order valence-electron chi connectivity index (χ3n) is 9.05. The van der Waals surface area contributed by atoms with Crippen LogP contribution in [0.5, 0.6) is 0 Å². The van der Waals surface area contributed by atoms with Gasteiger partial charge >= 0.3 is 17.9 Å². The van der Waals surface area contributed by atoms with Gasteiger partial charge in [-0.3, -0.25) is 0 Å². The number of aliphatic hydroxyl groups is 14. The van der Waals surface area contributed by atoms with Gasteiger partial charge in [0.15, 0.2) is 25.2 Å². The summed E-state index contributed by atoms with van der Waals surface area (Å²) in [7, 11) is 0. The molecule has 26 heteroatoms. The molecule has 14 N–H and O–H groups in total. The fourth-order valence-corrected chi connectivity index (χ4v) is 5.53. The number of hydrogen-bond acceptors (Lipinski definition) is 26.